The first kappa shape index (κ1) is 14.6. The fourth-order valence-corrected chi connectivity index (χ4v) is 3.09. The molecule has 1 fully saturated rings. The van der Waals surface area contributed by atoms with Crippen molar-refractivity contribution in [3.8, 4) is 0 Å². The van der Waals surface area contributed by atoms with Gasteiger partial charge in [0.15, 0.2) is 0 Å². The van der Waals surface area contributed by atoms with Crippen LogP contribution in [0, 0.1) is 13.8 Å². The van der Waals surface area contributed by atoms with Crippen LogP contribution in [-0.4, -0.2) is 54.2 Å². The third-order valence-corrected chi connectivity index (χ3v) is 4.63. The fourth-order valence-electron chi connectivity index (χ4n) is 3.09. The molecule has 0 unspecified atom stereocenters. The van der Waals surface area contributed by atoms with E-state index in [1.807, 2.05) is 0 Å². The molecule has 4 heteroatoms. The Morgan fingerprint density at radius 2 is 2.10 bits per heavy atom. The van der Waals surface area contributed by atoms with E-state index < -0.39 is 0 Å². The summed E-state index contributed by atoms with van der Waals surface area (Å²) in [5, 5.41) is 10.7. The van der Waals surface area contributed by atoms with Crippen LogP contribution in [0.25, 0.3) is 11.0 Å². The summed E-state index contributed by atoms with van der Waals surface area (Å²) in [4.78, 5) is 4.60. The Hall–Kier alpha value is -1.36. The van der Waals surface area contributed by atoms with Gasteiger partial charge in [-0.2, -0.15) is 0 Å². The lowest BCUT2D eigenvalue weighted by Gasteiger charge is -2.38. The van der Waals surface area contributed by atoms with Crippen LogP contribution in [0.4, 0.5) is 0 Å². The van der Waals surface area contributed by atoms with Gasteiger partial charge in [0.1, 0.15) is 11.3 Å². The average Bonchev–Trinajstić information content (AvgIpc) is 2.77. The number of fused-ring (bicyclic) bond motifs is 1. The Labute approximate surface area is 125 Å². The first-order valence-electron chi connectivity index (χ1n) is 7.60. The maximum absolute atomic E-state index is 9.45. The van der Waals surface area contributed by atoms with Gasteiger partial charge in [-0.3, -0.25) is 9.80 Å². The average molecular weight is 288 g/mol. The van der Waals surface area contributed by atoms with Gasteiger partial charge in [-0.15, -0.1) is 0 Å². The molecular formula is C17H24N2O2. The summed E-state index contributed by atoms with van der Waals surface area (Å²) in [5.41, 5.74) is 3.48. The highest BCUT2D eigenvalue weighted by Crippen LogP contribution is 2.27. The van der Waals surface area contributed by atoms with E-state index in [1.54, 1.807) is 0 Å². The van der Waals surface area contributed by atoms with Gasteiger partial charge >= 0.3 is 0 Å². The topological polar surface area (TPSA) is 39.9 Å². The van der Waals surface area contributed by atoms with E-state index in [1.165, 1.54) is 16.5 Å². The van der Waals surface area contributed by atoms with Crippen molar-refractivity contribution >= 4 is 11.0 Å². The Morgan fingerprint density at radius 1 is 1.29 bits per heavy atom. The summed E-state index contributed by atoms with van der Waals surface area (Å²) in [5.74, 6) is 1.05. The predicted octanol–water partition coefficient (Wildman–Crippen LogP) is 2.16. The molecule has 4 nitrogen and oxygen atoms in total. The molecule has 2 aromatic rings. The number of benzene rings is 1. The number of rotatable bonds is 3. The molecule has 0 aliphatic carbocycles. The normalized spacial score (nSPS) is 21.2. The van der Waals surface area contributed by atoms with Gasteiger partial charge in [-0.1, -0.05) is 11.6 Å². The summed E-state index contributed by atoms with van der Waals surface area (Å²) in [6.07, 6.45) is 0. The second-order valence-electron chi connectivity index (χ2n) is 6.20. The lowest BCUT2D eigenvalue weighted by Crippen LogP contribution is -2.52. The minimum atomic E-state index is 0.214. The quantitative estimate of drug-likeness (QED) is 0.939. The van der Waals surface area contributed by atoms with Crippen molar-refractivity contribution in [3.05, 3.63) is 35.1 Å². The van der Waals surface area contributed by atoms with Crippen molar-refractivity contribution in [3.63, 3.8) is 0 Å². The number of aliphatic hydroxyl groups is 1. The second-order valence-corrected chi connectivity index (χ2v) is 6.20. The molecule has 0 radical (unpaired) electrons. The lowest BCUT2D eigenvalue weighted by atomic mass is 10.1. The first-order valence-corrected chi connectivity index (χ1v) is 7.60. The number of hydrogen-bond acceptors (Lipinski definition) is 4. The minimum Gasteiger partial charge on any atom is -0.459 e. The van der Waals surface area contributed by atoms with Gasteiger partial charge in [0.25, 0.3) is 0 Å². The molecule has 114 valence electrons. The Morgan fingerprint density at radius 3 is 2.86 bits per heavy atom. The number of aryl methyl sites for hydroxylation is 2. The van der Waals surface area contributed by atoms with Crippen molar-refractivity contribution in [2.45, 2.75) is 26.4 Å². The van der Waals surface area contributed by atoms with Crippen LogP contribution < -0.4 is 0 Å². The molecule has 21 heavy (non-hydrogen) atoms. The summed E-state index contributed by atoms with van der Waals surface area (Å²) < 4.78 is 6.03. The van der Waals surface area contributed by atoms with Crippen molar-refractivity contribution in [1.29, 1.82) is 0 Å². The molecule has 1 atom stereocenters. The van der Waals surface area contributed by atoms with Crippen LogP contribution in [0.2, 0.25) is 0 Å². The number of likely N-dealkylation sites (N-methyl/N-ethyl adjacent to an activating group) is 1. The molecule has 1 aromatic heterocycles. The van der Waals surface area contributed by atoms with E-state index >= 15 is 0 Å². The minimum absolute atomic E-state index is 0.214. The van der Waals surface area contributed by atoms with E-state index in [9.17, 15) is 5.11 Å². The predicted molar refractivity (Wildman–Crippen MR) is 84.5 cm³/mol. The van der Waals surface area contributed by atoms with Crippen LogP contribution >= 0.6 is 0 Å². The summed E-state index contributed by atoms with van der Waals surface area (Å²) in [6, 6.07) is 6.57. The van der Waals surface area contributed by atoms with Crippen molar-refractivity contribution in [2.24, 2.45) is 0 Å². The van der Waals surface area contributed by atoms with Gasteiger partial charge in [0.05, 0.1) is 13.2 Å². The summed E-state index contributed by atoms with van der Waals surface area (Å²) >= 11 is 0. The maximum Gasteiger partial charge on any atom is 0.134 e. The maximum atomic E-state index is 9.45. The molecule has 1 aliphatic heterocycles. The van der Waals surface area contributed by atoms with Gasteiger partial charge in [-0.25, -0.2) is 0 Å². The number of aliphatic hydroxyl groups excluding tert-OH is 1. The largest absolute Gasteiger partial charge is 0.459 e. The van der Waals surface area contributed by atoms with Gasteiger partial charge in [0, 0.05) is 31.1 Å². The highest BCUT2D eigenvalue weighted by molar-refractivity contribution is 5.82. The van der Waals surface area contributed by atoms with Gasteiger partial charge < -0.3 is 9.52 Å². The van der Waals surface area contributed by atoms with Crippen LogP contribution in [-0.2, 0) is 6.54 Å². The molecule has 0 spiro atoms. The van der Waals surface area contributed by atoms with Crippen LogP contribution in [0.3, 0.4) is 0 Å². The van der Waals surface area contributed by atoms with E-state index in [-0.39, 0.29) is 12.6 Å². The Bertz CT molecular complexity index is 635. The Balaban J connectivity index is 1.80. The molecular weight excluding hydrogens is 264 g/mol. The van der Waals surface area contributed by atoms with Gasteiger partial charge in [-0.05, 0) is 38.6 Å². The third kappa shape index (κ3) is 2.84. The molecule has 0 saturated carbocycles. The van der Waals surface area contributed by atoms with Crippen molar-refractivity contribution in [2.75, 3.05) is 33.3 Å². The number of furan rings is 1. The van der Waals surface area contributed by atoms with Crippen LogP contribution in [0.1, 0.15) is 16.9 Å². The van der Waals surface area contributed by atoms with Gasteiger partial charge in [0.2, 0.25) is 0 Å². The monoisotopic (exact) mass is 288 g/mol. The Kier molecular flexibility index (Phi) is 4.02. The molecule has 1 aliphatic rings. The fraction of sp³-hybridized carbons (Fsp3) is 0.529. The van der Waals surface area contributed by atoms with Crippen LogP contribution in [0.15, 0.2) is 22.6 Å². The number of hydrogen-bond donors (Lipinski definition) is 1. The number of nitrogens with zero attached hydrogens (tertiary/aromatic N) is 2. The van der Waals surface area contributed by atoms with Crippen molar-refractivity contribution < 1.29 is 9.52 Å². The van der Waals surface area contributed by atoms with E-state index in [4.69, 9.17) is 4.42 Å². The third-order valence-electron chi connectivity index (χ3n) is 4.63. The molecule has 1 saturated heterocycles. The first-order chi connectivity index (χ1) is 10.1. The van der Waals surface area contributed by atoms with Crippen LogP contribution in [0.5, 0.6) is 0 Å². The zero-order chi connectivity index (χ0) is 15.0. The highest BCUT2D eigenvalue weighted by Gasteiger charge is 2.25. The van der Waals surface area contributed by atoms with Crippen molar-refractivity contribution in [1.82, 2.24) is 9.80 Å². The molecule has 0 bridgehead atoms. The smallest absolute Gasteiger partial charge is 0.134 e. The molecule has 2 heterocycles. The van der Waals surface area contributed by atoms with E-state index in [0.29, 0.717) is 0 Å². The molecule has 1 N–H and O–H groups in total. The van der Waals surface area contributed by atoms with E-state index in [0.717, 1.165) is 37.5 Å². The molecule has 0 amide bonds. The summed E-state index contributed by atoms with van der Waals surface area (Å²) in [7, 11) is 2.08. The molecule has 3 rings (SSSR count). The second kappa shape index (κ2) is 5.79. The molecule has 1 aromatic carbocycles. The standard InChI is InChI=1S/C17H24N2O2/c1-12-4-5-16-15(8-12)13(2)17(21-16)10-19-7-6-18(3)14(9-19)11-20/h4-5,8,14,20H,6-7,9-11H2,1-3H3/t14-/m1/s1. The zero-order valence-electron chi connectivity index (χ0n) is 13.1. The van der Waals surface area contributed by atoms with E-state index in [2.05, 4.69) is 48.9 Å². The summed E-state index contributed by atoms with van der Waals surface area (Å²) in [6.45, 7) is 8.18. The highest BCUT2D eigenvalue weighted by atomic mass is 16.3. The zero-order valence-corrected chi connectivity index (χ0v) is 13.1. The lowest BCUT2D eigenvalue weighted by molar-refractivity contribution is 0.0509. The SMILES string of the molecule is Cc1ccc2oc(CN3CCN(C)[C@@H](CO)C3)c(C)c2c1. The number of piperazine rings is 1.